The van der Waals surface area contributed by atoms with E-state index in [0.29, 0.717) is 4.90 Å². The van der Waals surface area contributed by atoms with Crippen LogP contribution in [0.4, 0.5) is 28.4 Å². The first-order valence-corrected chi connectivity index (χ1v) is 12.7. The highest BCUT2D eigenvalue weighted by molar-refractivity contribution is 7.90. The lowest BCUT2D eigenvalue weighted by Crippen LogP contribution is -2.55. The average molecular weight is 533 g/mol. The van der Waals surface area contributed by atoms with Crippen LogP contribution in [-0.2, 0) is 20.8 Å². The van der Waals surface area contributed by atoms with E-state index in [0.717, 1.165) is 35.4 Å². The minimum atomic E-state index is -4.71. The van der Waals surface area contributed by atoms with Gasteiger partial charge >= 0.3 is 18.2 Å². The third kappa shape index (κ3) is 4.44. The smallest absolute Gasteiger partial charge is 0.341 e. The number of nitrogens with one attached hydrogen (secondary N) is 1. The van der Waals surface area contributed by atoms with Gasteiger partial charge in [0.1, 0.15) is 6.04 Å². The van der Waals surface area contributed by atoms with Gasteiger partial charge in [-0.1, -0.05) is 12.1 Å². The van der Waals surface area contributed by atoms with Crippen LogP contribution >= 0.6 is 0 Å². The Balaban J connectivity index is 2.03. The van der Waals surface area contributed by atoms with Gasteiger partial charge in [0.15, 0.2) is 15.6 Å². The van der Waals surface area contributed by atoms with Gasteiger partial charge in [-0.25, -0.2) is 22.9 Å². The Hall–Kier alpha value is -4.18. The zero-order chi connectivity index (χ0) is 27.3. The second-order valence-electron chi connectivity index (χ2n) is 8.41. The molecule has 1 N–H and O–H groups in total. The Morgan fingerprint density at radius 3 is 2.43 bits per heavy atom. The molecule has 4 rings (SSSR count). The predicted molar refractivity (Wildman–Crippen MR) is 124 cm³/mol. The number of Topliss-reactive ketones (excluding diaryl/α,β-unsaturated/α-hetero) is 1. The van der Waals surface area contributed by atoms with Gasteiger partial charge in [-0.15, -0.1) is 0 Å². The first kappa shape index (κ1) is 25.9. The normalized spacial score (nSPS) is 18.1. The van der Waals surface area contributed by atoms with E-state index in [4.69, 9.17) is 0 Å². The molecule has 2 aromatic rings. The van der Waals surface area contributed by atoms with Crippen LogP contribution in [0, 0.1) is 11.3 Å². The van der Waals surface area contributed by atoms with Gasteiger partial charge in [0.25, 0.3) is 0 Å². The summed E-state index contributed by atoms with van der Waals surface area (Å²) in [4.78, 5) is 41.0. The Bertz CT molecular complexity index is 1530. The highest BCUT2D eigenvalue weighted by Crippen LogP contribution is 2.47. The van der Waals surface area contributed by atoms with Crippen LogP contribution in [0.15, 0.2) is 58.6 Å². The first-order chi connectivity index (χ1) is 17.3. The number of urea groups is 2. The number of hydrogen-bond acceptors (Lipinski definition) is 6. The molecule has 2 aliphatic rings. The third-order valence-electron chi connectivity index (χ3n) is 6.10. The molecule has 0 saturated heterocycles. The largest absolute Gasteiger partial charge is 0.416 e. The number of anilines is 1. The molecule has 0 saturated carbocycles. The van der Waals surface area contributed by atoms with Gasteiger partial charge in [0.05, 0.1) is 27.8 Å². The number of amides is 4. The molecule has 0 spiro atoms. The van der Waals surface area contributed by atoms with Crippen molar-refractivity contribution in [3.63, 3.8) is 0 Å². The second-order valence-corrected chi connectivity index (χ2v) is 10.4. The van der Waals surface area contributed by atoms with Crippen molar-refractivity contribution in [1.82, 2.24) is 10.2 Å². The third-order valence-corrected chi connectivity index (χ3v) is 7.25. The number of nitrogens with zero attached hydrogens (tertiary/aromatic N) is 3. The number of allylic oxidation sites excluding steroid dienone is 1. The molecule has 1 aliphatic carbocycles. The van der Waals surface area contributed by atoms with Crippen molar-refractivity contribution in [3.8, 4) is 6.07 Å². The van der Waals surface area contributed by atoms with Crippen molar-refractivity contribution in [3.05, 3.63) is 70.4 Å². The summed E-state index contributed by atoms with van der Waals surface area (Å²) >= 11 is 0. The zero-order valence-electron chi connectivity index (χ0n) is 19.5. The van der Waals surface area contributed by atoms with Gasteiger partial charge < -0.3 is 5.32 Å². The quantitative estimate of drug-likeness (QED) is 0.638. The van der Waals surface area contributed by atoms with E-state index < -0.39 is 45.5 Å². The molecule has 4 amide bonds. The molecule has 0 fully saturated rings. The van der Waals surface area contributed by atoms with Crippen molar-refractivity contribution in [2.24, 2.45) is 0 Å². The Labute approximate surface area is 209 Å². The molecule has 37 heavy (non-hydrogen) atoms. The number of carbonyl (C=O) groups is 3. The fourth-order valence-corrected chi connectivity index (χ4v) is 5.47. The van der Waals surface area contributed by atoms with E-state index in [2.05, 4.69) is 5.32 Å². The maximum absolute atomic E-state index is 13.8. The van der Waals surface area contributed by atoms with Crippen molar-refractivity contribution in [2.45, 2.75) is 30.0 Å². The van der Waals surface area contributed by atoms with Gasteiger partial charge in [0.2, 0.25) is 0 Å². The summed E-state index contributed by atoms with van der Waals surface area (Å²) in [6, 6.07) is 5.76. The molecule has 13 heteroatoms. The van der Waals surface area contributed by atoms with Crippen LogP contribution in [0.1, 0.15) is 35.6 Å². The summed E-state index contributed by atoms with van der Waals surface area (Å²) in [6.07, 6.45) is -3.95. The molecular formula is C24H19F3N4O5S. The molecule has 9 nitrogen and oxygen atoms in total. The van der Waals surface area contributed by atoms with E-state index in [-0.39, 0.29) is 45.8 Å². The molecule has 0 aromatic heterocycles. The maximum Gasteiger partial charge on any atom is 0.416 e. The first-order valence-electron chi connectivity index (χ1n) is 10.8. The number of nitriles is 1. The van der Waals surface area contributed by atoms with Crippen LogP contribution in [0.3, 0.4) is 0 Å². The number of hydrogen-bond donors (Lipinski definition) is 1. The minimum Gasteiger partial charge on any atom is -0.341 e. The van der Waals surface area contributed by atoms with Crippen LogP contribution in [-0.4, -0.2) is 44.5 Å². The highest BCUT2D eigenvalue weighted by Gasteiger charge is 2.49. The van der Waals surface area contributed by atoms with Gasteiger partial charge in [-0.2, -0.15) is 18.4 Å². The standard InChI is InChI=1S/C24H19F3N4O5S/c1-29-22(33)31-21(16-7-6-13(12-28)10-19(16)37(2,35)36)20-17(8-9-18(20)32)30(23(31)34)15-5-3-4-14(11-15)24(25,26)27/h3-7,10-11,21H,8-9H2,1-2H3,(H,29,33). The number of imide groups is 1. The van der Waals surface area contributed by atoms with Crippen molar-refractivity contribution >= 4 is 33.4 Å². The van der Waals surface area contributed by atoms with Gasteiger partial charge in [-0.3, -0.25) is 9.69 Å². The second kappa shape index (κ2) is 9.04. The summed E-state index contributed by atoms with van der Waals surface area (Å²) in [7, 11) is -2.81. The number of sulfone groups is 1. The lowest BCUT2D eigenvalue weighted by molar-refractivity contribution is -0.137. The number of alkyl halides is 3. The van der Waals surface area contributed by atoms with E-state index >= 15 is 0 Å². The number of carbonyl (C=O) groups excluding carboxylic acids is 3. The van der Waals surface area contributed by atoms with Crippen LogP contribution in [0.25, 0.3) is 0 Å². The molecule has 0 bridgehead atoms. The molecule has 2 aromatic carbocycles. The number of benzene rings is 2. The topological polar surface area (TPSA) is 128 Å². The van der Waals surface area contributed by atoms with E-state index in [1.54, 1.807) is 0 Å². The molecular weight excluding hydrogens is 513 g/mol. The van der Waals surface area contributed by atoms with E-state index in [1.165, 1.54) is 25.2 Å². The summed E-state index contributed by atoms with van der Waals surface area (Å²) in [6.45, 7) is 0. The minimum absolute atomic E-state index is 0.00431. The summed E-state index contributed by atoms with van der Waals surface area (Å²) in [5, 5.41) is 11.5. The Morgan fingerprint density at radius 2 is 1.84 bits per heavy atom. The number of rotatable bonds is 3. The SMILES string of the molecule is CNC(=O)N1C(=O)N(c2cccc(C(F)(F)F)c2)C2=C(C(=O)CC2)C1c1ccc(C#N)cc1S(C)(=O)=O. The molecule has 0 radical (unpaired) electrons. The van der Waals surface area contributed by atoms with Crippen molar-refractivity contribution < 1.29 is 36.0 Å². The zero-order valence-corrected chi connectivity index (χ0v) is 20.3. The summed E-state index contributed by atoms with van der Waals surface area (Å²) in [5.41, 5.74) is -1.36. The Morgan fingerprint density at radius 1 is 1.14 bits per heavy atom. The predicted octanol–water partition coefficient (Wildman–Crippen LogP) is 3.92. The van der Waals surface area contributed by atoms with Crippen LogP contribution < -0.4 is 10.2 Å². The van der Waals surface area contributed by atoms with E-state index in [1.807, 2.05) is 6.07 Å². The van der Waals surface area contributed by atoms with Crippen LogP contribution in [0.5, 0.6) is 0 Å². The van der Waals surface area contributed by atoms with Crippen LogP contribution in [0.2, 0.25) is 0 Å². The van der Waals surface area contributed by atoms with Gasteiger partial charge in [-0.05, 0) is 42.3 Å². The van der Waals surface area contributed by atoms with Crippen molar-refractivity contribution in [1.29, 1.82) is 5.26 Å². The monoisotopic (exact) mass is 532 g/mol. The van der Waals surface area contributed by atoms with Gasteiger partial charge in [0, 0.05) is 31.0 Å². The van der Waals surface area contributed by atoms with E-state index in [9.17, 15) is 41.2 Å². The summed E-state index contributed by atoms with van der Waals surface area (Å²) in [5.74, 6) is -0.498. The molecule has 1 atom stereocenters. The Kier molecular flexibility index (Phi) is 6.33. The fourth-order valence-electron chi connectivity index (χ4n) is 4.53. The molecule has 1 unspecified atom stereocenters. The fraction of sp³-hybridized carbons (Fsp3) is 0.250. The summed E-state index contributed by atoms with van der Waals surface area (Å²) < 4.78 is 65.5. The lowest BCUT2D eigenvalue weighted by Gasteiger charge is -2.41. The average Bonchev–Trinajstić information content (AvgIpc) is 3.22. The molecule has 1 aliphatic heterocycles. The number of ketones is 1. The van der Waals surface area contributed by atoms with Crippen molar-refractivity contribution in [2.75, 3.05) is 18.2 Å². The number of halogens is 3. The lowest BCUT2D eigenvalue weighted by atomic mass is 9.92. The molecule has 192 valence electrons. The highest BCUT2D eigenvalue weighted by atomic mass is 32.2. The molecule has 1 heterocycles. The maximum atomic E-state index is 13.8.